The van der Waals surface area contributed by atoms with Crippen LogP contribution >= 0.6 is 0 Å². The van der Waals surface area contributed by atoms with Gasteiger partial charge in [0.15, 0.2) is 0 Å². The molecule has 8 nitrogen and oxygen atoms in total. The Bertz CT molecular complexity index is 560. The Morgan fingerprint density at radius 1 is 1.04 bits per heavy atom. The van der Waals surface area contributed by atoms with Crippen molar-refractivity contribution < 1.29 is 18.0 Å². The molecular weight excluding hydrogens is 344 g/mol. The molecular formula is C16H30N4O4S. The van der Waals surface area contributed by atoms with Gasteiger partial charge in [0.1, 0.15) is 0 Å². The van der Waals surface area contributed by atoms with Gasteiger partial charge in [-0.2, -0.15) is 0 Å². The maximum atomic E-state index is 12.2. The molecule has 1 unspecified atom stereocenters. The number of likely N-dealkylation sites (tertiary alicyclic amines) is 1. The van der Waals surface area contributed by atoms with Crippen LogP contribution < -0.4 is 15.4 Å². The first-order valence-electron chi connectivity index (χ1n) is 9.12. The van der Waals surface area contributed by atoms with E-state index in [4.69, 9.17) is 0 Å². The number of carbonyl (C=O) groups excluding carboxylic acids is 2. The molecule has 0 aromatic rings. The minimum atomic E-state index is -3.25. The van der Waals surface area contributed by atoms with E-state index in [9.17, 15) is 18.0 Å². The van der Waals surface area contributed by atoms with Crippen molar-refractivity contribution in [3.8, 4) is 0 Å². The van der Waals surface area contributed by atoms with Gasteiger partial charge in [0.05, 0.1) is 12.8 Å². The van der Waals surface area contributed by atoms with Crippen LogP contribution in [0.5, 0.6) is 0 Å². The number of amides is 3. The number of carbonyl (C=O) groups is 2. The third kappa shape index (κ3) is 7.70. The quantitative estimate of drug-likeness (QED) is 0.629. The summed E-state index contributed by atoms with van der Waals surface area (Å²) in [4.78, 5) is 26.1. The summed E-state index contributed by atoms with van der Waals surface area (Å²) in [6, 6.07) is -0.293. The smallest absolute Gasteiger partial charge is 0.321 e. The predicted molar refractivity (Wildman–Crippen MR) is 95.6 cm³/mol. The molecule has 0 aromatic carbocycles. The average Bonchev–Trinajstić information content (AvgIpc) is 2.54. The average molecular weight is 375 g/mol. The Labute approximate surface area is 150 Å². The zero-order valence-corrected chi connectivity index (χ0v) is 15.7. The van der Waals surface area contributed by atoms with Gasteiger partial charge in [-0.3, -0.25) is 15.0 Å². The van der Waals surface area contributed by atoms with E-state index < -0.39 is 16.1 Å². The maximum Gasteiger partial charge on any atom is 0.321 e. The molecule has 3 N–H and O–H groups in total. The predicted octanol–water partition coefficient (Wildman–Crippen LogP) is 0.549. The minimum Gasteiger partial charge on any atom is -0.335 e. The number of nitrogens with one attached hydrogen (secondary N) is 3. The molecule has 1 heterocycles. The highest BCUT2D eigenvalue weighted by Crippen LogP contribution is 2.17. The Balaban J connectivity index is 1.77. The number of urea groups is 1. The lowest BCUT2D eigenvalue weighted by atomic mass is 9.96. The molecule has 1 aliphatic carbocycles. The van der Waals surface area contributed by atoms with Crippen LogP contribution in [0.2, 0.25) is 0 Å². The molecule has 2 aliphatic rings. The molecule has 0 aromatic heterocycles. The second kappa shape index (κ2) is 9.49. The van der Waals surface area contributed by atoms with Gasteiger partial charge in [-0.05, 0) is 32.2 Å². The van der Waals surface area contributed by atoms with Crippen LogP contribution in [0.15, 0.2) is 0 Å². The Morgan fingerprint density at radius 2 is 1.72 bits per heavy atom. The van der Waals surface area contributed by atoms with Gasteiger partial charge in [0.2, 0.25) is 15.9 Å². The van der Waals surface area contributed by atoms with E-state index in [0.717, 1.165) is 57.7 Å². The number of imide groups is 1. The SMILES string of the molecule is CS(=O)(=O)NCC1CCCCN1CC(=O)NC(=O)NC1CCCCC1. The number of piperidine rings is 1. The summed E-state index contributed by atoms with van der Waals surface area (Å²) in [5.41, 5.74) is 0. The first-order chi connectivity index (χ1) is 11.8. The van der Waals surface area contributed by atoms with Crippen molar-refractivity contribution in [1.82, 2.24) is 20.3 Å². The summed E-state index contributed by atoms with van der Waals surface area (Å²) >= 11 is 0. The van der Waals surface area contributed by atoms with Crippen molar-refractivity contribution >= 4 is 22.0 Å². The van der Waals surface area contributed by atoms with Crippen LogP contribution in [0.1, 0.15) is 51.4 Å². The summed E-state index contributed by atoms with van der Waals surface area (Å²) in [5.74, 6) is -0.348. The fraction of sp³-hybridized carbons (Fsp3) is 0.875. The van der Waals surface area contributed by atoms with Gasteiger partial charge < -0.3 is 5.32 Å². The van der Waals surface area contributed by atoms with Crippen molar-refractivity contribution in [2.45, 2.75) is 63.5 Å². The highest BCUT2D eigenvalue weighted by atomic mass is 32.2. The minimum absolute atomic E-state index is 0.0179. The van der Waals surface area contributed by atoms with E-state index in [0.29, 0.717) is 6.54 Å². The van der Waals surface area contributed by atoms with Gasteiger partial charge in [-0.15, -0.1) is 0 Å². The second-order valence-corrected chi connectivity index (χ2v) is 8.93. The summed E-state index contributed by atoms with van der Waals surface area (Å²) in [7, 11) is -3.25. The fourth-order valence-corrected chi connectivity index (χ4v) is 4.06. The van der Waals surface area contributed by atoms with Crippen LogP contribution in [0.3, 0.4) is 0 Å². The Morgan fingerprint density at radius 3 is 2.40 bits per heavy atom. The number of nitrogens with zero attached hydrogens (tertiary/aromatic N) is 1. The number of rotatable bonds is 6. The number of sulfonamides is 1. The van der Waals surface area contributed by atoms with Crippen molar-refractivity contribution in [1.29, 1.82) is 0 Å². The standard InChI is InChI=1S/C16H30N4O4S/c1-25(23,24)17-11-14-9-5-6-10-20(14)12-15(21)19-16(22)18-13-7-3-2-4-8-13/h13-14,17H,2-12H2,1H3,(H2,18,19,21,22). The summed E-state index contributed by atoms with van der Waals surface area (Å²) in [6.45, 7) is 1.13. The monoisotopic (exact) mass is 374 g/mol. The molecule has 2 fully saturated rings. The summed E-state index contributed by atoms with van der Waals surface area (Å²) < 4.78 is 25.1. The van der Waals surface area contributed by atoms with Crippen molar-refractivity contribution in [3.05, 3.63) is 0 Å². The topological polar surface area (TPSA) is 108 Å². The first kappa shape index (κ1) is 20.1. The molecule has 1 saturated carbocycles. The van der Waals surface area contributed by atoms with E-state index in [-0.39, 0.29) is 24.5 Å². The zero-order chi connectivity index (χ0) is 18.3. The molecule has 1 aliphatic heterocycles. The van der Waals surface area contributed by atoms with E-state index >= 15 is 0 Å². The molecule has 9 heteroatoms. The van der Waals surface area contributed by atoms with Gasteiger partial charge in [0, 0.05) is 18.6 Å². The fourth-order valence-electron chi connectivity index (χ4n) is 3.57. The van der Waals surface area contributed by atoms with Crippen molar-refractivity contribution in [2.24, 2.45) is 0 Å². The van der Waals surface area contributed by atoms with Gasteiger partial charge in [-0.25, -0.2) is 17.9 Å². The van der Waals surface area contributed by atoms with E-state index in [1.54, 1.807) is 0 Å². The molecule has 0 bridgehead atoms. The van der Waals surface area contributed by atoms with Crippen LogP contribution in [0.4, 0.5) is 4.79 Å². The Hall–Kier alpha value is -1.19. The maximum absolute atomic E-state index is 12.2. The lowest BCUT2D eigenvalue weighted by Gasteiger charge is -2.35. The summed E-state index contributed by atoms with van der Waals surface area (Å²) in [5, 5.41) is 5.26. The third-order valence-corrected chi connectivity index (χ3v) is 5.56. The van der Waals surface area contributed by atoms with E-state index in [2.05, 4.69) is 15.4 Å². The van der Waals surface area contributed by atoms with Crippen LogP contribution in [0, 0.1) is 0 Å². The molecule has 25 heavy (non-hydrogen) atoms. The highest BCUT2D eigenvalue weighted by Gasteiger charge is 2.26. The first-order valence-corrected chi connectivity index (χ1v) is 11.0. The van der Waals surface area contributed by atoms with Crippen LogP contribution in [-0.4, -0.2) is 63.2 Å². The lowest BCUT2D eigenvalue weighted by Crippen LogP contribution is -2.52. The molecule has 0 radical (unpaired) electrons. The van der Waals surface area contributed by atoms with Gasteiger partial charge in [-0.1, -0.05) is 25.7 Å². The molecule has 0 spiro atoms. The largest absolute Gasteiger partial charge is 0.335 e. The normalized spacial score (nSPS) is 23.2. The zero-order valence-electron chi connectivity index (χ0n) is 14.9. The highest BCUT2D eigenvalue weighted by molar-refractivity contribution is 7.88. The van der Waals surface area contributed by atoms with E-state index in [1.807, 2.05) is 4.90 Å². The number of hydrogen-bond donors (Lipinski definition) is 3. The lowest BCUT2D eigenvalue weighted by molar-refractivity contribution is -0.122. The Kier molecular flexibility index (Phi) is 7.64. The van der Waals surface area contributed by atoms with Gasteiger partial charge >= 0.3 is 6.03 Å². The molecule has 1 saturated heterocycles. The summed E-state index contributed by atoms with van der Waals surface area (Å²) in [6.07, 6.45) is 9.31. The van der Waals surface area contributed by atoms with Crippen molar-refractivity contribution in [2.75, 3.05) is 25.9 Å². The third-order valence-electron chi connectivity index (χ3n) is 4.87. The molecule has 1 atom stereocenters. The number of hydrogen-bond acceptors (Lipinski definition) is 5. The van der Waals surface area contributed by atoms with Crippen LogP contribution in [-0.2, 0) is 14.8 Å². The molecule has 2 rings (SSSR count). The second-order valence-electron chi connectivity index (χ2n) is 7.10. The van der Waals surface area contributed by atoms with E-state index in [1.165, 1.54) is 6.42 Å². The van der Waals surface area contributed by atoms with Gasteiger partial charge in [0.25, 0.3) is 0 Å². The van der Waals surface area contributed by atoms with Crippen LogP contribution in [0.25, 0.3) is 0 Å². The molecule has 3 amide bonds. The molecule has 144 valence electrons. The van der Waals surface area contributed by atoms with Crippen molar-refractivity contribution in [3.63, 3.8) is 0 Å².